The van der Waals surface area contributed by atoms with Crippen molar-refractivity contribution in [3.8, 4) is 0 Å². The zero-order chi connectivity index (χ0) is 14.4. The number of thioether (sulfide) groups is 1. The summed E-state index contributed by atoms with van der Waals surface area (Å²) in [6, 6.07) is 7.21. The third kappa shape index (κ3) is 5.25. The number of alkyl halides is 3. The fourth-order valence-electron chi connectivity index (χ4n) is 2.24. The van der Waals surface area contributed by atoms with Gasteiger partial charge in [-0.2, -0.15) is 13.2 Å². The van der Waals surface area contributed by atoms with Gasteiger partial charge in [-0.15, -0.1) is 11.8 Å². The van der Waals surface area contributed by atoms with Gasteiger partial charge in [-0.1, -0.05) is 12.1 Å². The van der Waals surface area contributed by atoms with Crippen molar-refractivity contribution < 1.29 is 13.2 Å². The molecule has 0 bridgehead atoms. The van der Waals surface area contributed by atoms with Crippen LogP contribution in [0.1, 0.15) is 12.8 Å². The van der Waals surface area contributed by atoms with Crippen molar-refractivity contribution in [2.24, 2.45) is 5.92 Å². The Morgan fingerprint density at radius 2 is 1.90 bits per heavy atom. The highest BCUT2D eigenvalue weighted by atomic mass is 32.2. The molecular formula is C14H19F3N2S. The van der Waals surface area contributed by atoms with E-state index in [-0.39, 0.29) is 0 Å². The van der Waals surface area contributed by atoms with E-state index >= 15 is 0 Å². The first kappa shape index (κ1) is 15.5. The molecule has 1 aliphatic heterocycles. The maximum atomic E-state index is 12.3. The van der Waals surface area contributed by atoms with Crippen molar-refractivity contribution in [2.75, 3.05) is 30.7 Å². The van der Waals surface area contributed by atoms with E-state index in [0.29, 0.717) is 10.8 Å². The van der Waals surface area contributed by atoms with Crippen LogP contribution in [0.3, 0.4) is 0 Å². The number of hydrogen-bond donors (Lipinski definition) is 2. The van der Waals surface area contributed by atoms with Gasteiger partial charge >= 0.3 is 6.18 Å². The zero-order valence-corrected chi connectivity index (χ0v) is 12.0. The summed E-state index contributed by atoms with van der Waals surface area (Å²) < 4.78 is 36.9. The first-order valence-electron chi connectivity index (χ1n) is 6.78. The molecule has 0 aromatic heterocycles. The second kappa shape index (κ2) is 7.22. The molecule has 2 nitrogen and oxygen atoms in total. The predicted molar refractivity (Wildman–Crippen MR) is 77.3 cm³/mol. The molecule has 6 heteroatoms. The molecule has 1 saturated heterocycles. The average Bonchev–Trinajstić information content (AvgIpc) is 2.44. The minimum atomic E-state index is -4.13. The Hall–Kier alpha value is -0.880. The van der Waals surface area contributed by atoms with Crippen molar-refractivity contribution >= 4 is 17.4 Å². The Morgan fingerprint density at radius 1 is 1.20 bits per heavy atom. The van der Waals surface area contributed by atoms with Crippen LogP contribution in [0.2, 0.25) is 0 Å². The summed E-state index contributed by atoms with van der Waals surface area (Å²) in [5, 5.41) is 6.61. The van der Waals surface area contributed by atoms with Crippen LogP contribution in [-0.2, 0) is 0 Å². The highest BCUT2D eigenvalue weighted by molar-refractivity contribution is 7.99. The van der Waals surface area contributed by atoms with Gasteiger partial charge in [-0.25, -0.2) is 0 Å². The van der Waals surface area contributed by atoms with Crippen molar-refractivity contribution in [3.63, 3.8) is 0 Å². The lowest BCUT2D eigenvalue weighted by Crippen LogP contribution is -2.31. The predicted octanol–water partition coefficient (Wildman–Crippen LogP) is 3.75. The summed E-state index contributed by atoms with van der Waals surface area (Å²) in [4.78, 5) is 0.666. The maximum absolute atomic E-state index is 12.3. The molecule has 2 N–H and O–H groups in total. The van der Waals surface area contributed by atoms with E-state index in [1.807, 2.05) is 12.1 Å². The lowest BCUT2D eigenvalue weighted by Gasteiger charge is -2.23. The molecule has 1 aromatic rings. The van der Waals surface area contributed by atoms with Gasteiger partial charge in [-0.3, -0.25) is 0 Å². The van der Waals surface area contributed by atoms with Crippen LogP contribution in [0, 0.1) is 5.92 Å². The van der Waals surface area contributed by atoms with Gasteiger partial charge in [0.25, 0.3) is 0 Å². The number of hydrogen-bond acceptors (Lipinski definition) is 3. The van der Waals surface area contributed by atoms with Gasteiger partial charge in [0, 0.05) is 17.1 Å². The SMILES string of the molecule is FC(F)(F)CSc1ccccc1NCC1CCNCC1. The fraction of sp³-hybridized carbons (Fsp3) is 0.571. The topological polar surface area (TPSA) is 24.1 Å². The normalized spacial score (nSPS) is 17.1. The van der Waals surface area contributed by atoms with Crippen molar-refractivity contribution in [2.45, 2.75) is 23.9 Å². The average molecular weight is 304 g/mol. The lowest BCUT2D eigenvalue weighted by molar-refractivity contribution is -0.105. The largest absolute Gasteiger partial charge is 0.398 e. The standard InChI is InChI=1S/C14H19F3N2S/c15-14(16,17)10-20-13-4-2-1-3-12(13)19-9-11-5-7-18-8-6-11/h1-4,11,18-19H,5-10H2. The van der Waals surface area contributed by atoms with Crippen LogP contribution in [0.25, 0.3) is 0 Å². The molecule has 0 spiro atoms. The van der Waals surface area contributed by atoms with Gasteiger partial charge < -0.3 is 10.6 Å². The first-order valence-corrected chi connectivity index (χ1v) is 7.76. The van der Waals surface area contributed by atoms with Gasteiger partial charge in [0.15, 0.2) is 0 Å². The summed E-state index contributed by atoms with van der Waals surface area (Å²) in [7, 11) is 0. The molecule has 1 aliphatic rings. The highest BCUT2D eigenvalue weighted by Gasteiger charge is 2.27. The number of piperidine rings is 1. The summed E-state index contributed by atoms with van der Waals surface area (Å²) in [5.74, 6) is -0.254. The second-order valence-electron chi connectivity index (χ2n) is 4.97. The van der Waals surface area contributed by atoms with E-state index in [1.165, 1.54) is 0 Å². The van der Waals surface area contributed by atoms with E-state index in [2.05, 4.69) is 10.6 Å². The molecule has 1 fully saturated rings. The second-order valence-corrected chi connectivity index (χ2v) is 5.99. The van der Waals surface area contributed by atoms with Crippen LogP contribution in [0.5, 0.6) is 0 Å². The van der Waals surface area contributed by atoms with Crippen LogP contribution < -0.4 is 10.6 Å². The molecule has 0 aliphatic carbocycles. The molecule has 0 atom stereocenters. The zero-order valence-electron chi connectivity index (χ0n) is 11.2. The van der Waals surface area contributed by atoms with E-state index in [0.717, 1.165) is 49.9 Å². The molecule has 2 rings (SSSR count). The van der Waals surface area contributed by atoms with E-state index in [9.17, 15) is 13.2 Å². The third-order valence-corrected chi connectivity index (χ3v) is 4.46. The molecule has 1 aromatic carbocycles. The first-order chi connectivity index (χ1) is 9.54. The van der Waals surface area contributed by atoms with Crippen LogP contribution in [0.15, 0.2) is 29.2 Å². The number of nitrogens with one attached hydrogen (secondary N) is 2. The van der Waals surface area contributed by atoms with Crippen LogP contribution >= 0.6 is 11.8 Å². The number of rotatable bonds is 5. The smallest absolute Gasteiger partial charge is 0.384 e. The lowest BCUT2D eigenvalue weighted by atomic mass is 9.98. The Kier molecular flexibility index (Phi) is 5.60. The minimum absolute atomic E-state index is 0.594. The molecule has 20 heavy (non-hydrogen) atoms. The Balaban J connectivity index is 1.89. The van der Waals surface area contributed by atoms with E-state index < -0.39 is 11.9 Å². The van der Waals surface area contributed by atoms with Gasteiger partial charge in [0.2, 0.25) is 0 Å². The van der Waals surface area contributed by atoms with Crippen molar-refractivity contribution in [1.82, 2.24) is 5.32 Å². The molecule has 0 saturated carbocycles. The molecule has 0 amide bonds. The Morgan fingerprint density at radius 3 is 2.60 bits per heavy atom. The quantitative estimate of drug-likeness (QED) is 0.810. The summed E-state index contributed by atoms with van der Waals surface area (Å²) in [5.41, 5.74) is 0.806. The van der Waals surface area contributed by atoms with Crippen LogP contribution in [0.4, 0.5) is 18.9 Å². The van der Waals surface area contributed by atoms with Gasteiger partial charge in [0.05, 0.1) is 5.75 Å². The third-order valence-electron chi connectivity index (χ3n) is 3.32. The molecular weight excluding hydrogens is 285 g/mol. The van der Waals surface area contributed by atoms with E-state index in [4.69, 9.17) is 0 Å². The highest BCUT2D eigenvalue weighted by Crippen LogP contribution is 2.32. The summed E-state index contributed by atoms with van der Waals surface area (Å²) in [6.45, 7) is 2.87. The van der Waals surface area contributed by atoms with E-state index in [1.54, 1.807) is 12.1 Å². The van der Waals surface area contributed by atoms with Crippen molar-refractivity contribution in [1.29, 1.82) is 0 Å². The molecule has 1 heterocycles. The monoisotopic (exact) mass is 304 g/mol. The number of benzene rings is 1. The molecule has 112 valence electrons. The number of anilines is 1. The summed E-state index contributed by atoms with van der Waals surface area (Å²) in [6.07, 6.45) is -1.90. The summed E-state index contributed by atoms with van der Waals surface area (Å²) >= 11 is 0.841. The number of para-hydroxylation sites is 1. The van der Waals surface area contributed by atoms with Gasteiger partial charge in [0.1, 0.15) is 0 Å². The number of halogens is 3. The molecule has 0 unspecified atom stereocenters. The Labute approximate surface area is 121 Å². The Bertz CT molecular complexity index is 417. The minimum Gasteiger partial charge on any atom is -0.384 e. The van der Waals surface area contributed by atoms with Crippen LogP contribution in [-0.4, -0.2) is 31.6 Å². The maximum Gasteiger partial charge on any atom is 0.398 e. The van der Waals surface area contributed by atoms with Gasteiger partial charge in [-0.05, 0) is 44.0 Å². The van der Waals surface area contributed by atoms with Crippen molar-refractivity contribution in [3.05, 3.63) is 24.3 Å². The molecule has 0 radical (unpaired) electrons. The fourth-order valence-corrected chi connectivity index (χ4v) is 3.03.